The highest BCUT2D eigenvalue weighted by molar-refractivity contribution is 4.67. The van der Waals surface area contributed by atoms with Gasteiger partial charge < -0.3 is 34.3 Å². The van der Waals surface area contributed by atoms with Crippen LogP contribution in [0.25, 0.3) is 0 Å². The Morgan fingerprint density at radius 2 is 0.717 bits per heavy atom. The van der Waals surface area contributed by atoms with Crippen molar-refractivity contribution in [2.75, 3.05) is 13.2 Å². The molecule has 46 heavy (non-hydrogen) atoms. The third-order valence-corrected chi connectivity index (χ3v) is 8.84. The molecule has 0 aromatic carbocycles. The number of hydrogen-bond donors (Lipinski definition) is 0. The second-order valence-electron chi connectivity index (χ2n) is 13.2. The molecule has 2 rings (SSSR count). The minimum absolute atomic E-state index is 0. The molecule has 0 amide bonds. The highest BCUT2D eigenvalue weighted by atomic mass is 35.5. The van der Waals surface area contributed by atoms with Gasteiger partial charge in [0.25, 0.3) is 0 Å². The molecule has 0 bridgehead atoms. The lowest BCUT2D eigenvalue weighted by Crippen LogP contribution is -3.00. The number of hydrogen-bond acceptors (Lipinski definition) is 2. The molecular formula is C38H72Cl2N4O2. The average Bonchev–Trinajstić information content (AvgIpc) is 3.69. The molecule has 0 spiro atoms. The first-order chi connectivity index (χ1) is 21.8. The van der Waals surface area contributed by atoms with Gasteiger partial charge in [-0.05, 0) is 38.5 Å². The zero-order valence-electron chi connectivity index (χ0n) is 30.0. The average molecular weight is 688 g/mol. The fraction of sp³-hybridized carbons (Fsp3) is 0.842. The zero-order chi connectivity index (χ0) is 31.2. The molecule has 0 aliphatic carbocycles. The second-order valence-corrected chi connectivity index (χ2v) is 13.2. The fourth-order valence-corrected chi connectivity index (χ4v) is 5.96. The van der Waals surface area contributed by atoms with Gasteiger partial charge in [-0.2, -0.15) is 0 Å². The molecule has 0 saturated carbocycles. The molecule has 0 fully saturated rings. The smallest absolute Gasteiger partial charge is 0.245 e. The summed E-state index contributed by atoms with van der Waals surface area (Å²) in [6, 6.07) is 0. The monoisotopic (exact) mass is 687 g/mol. The predicted molar refractivity (Wildman–Crippen MR) is 183 cm³/mol. The number of imidazole rings is 2. The van der Waals surface area contributed by atoms with E-state index in [1.165, 1.54) is 141 Å². The second kappa shape index (κ2) is 33.8. The van der Waals surface area contributed by atoms with Crippen LogP contribution in [0.1, 0.15) is 168 Å². The van der Waals surface area contributed by atoms with Gasteiger partial charge in [0.05, 0.1) is 26.3 Å². The quantitative estimate of drug-likeness (QED) is 0.0844. The van der Waals surface area contributed by atoms with Crippen molar-refractivity contribution >= 4 is 0 Å². The van der Waals surface area contributed by atoms with E-state index in [0.29, 0.717) is 13.5 Å². The van der Waals surface area contributed by atoms with Crippen molar-refractivity contribution in [1.82, 2.24) is 9.13 Å². The molecule has 2 aromatic heterocycles. The van der Waals surface area contributed by atoms with E-state index in [4.69, 9.17) is 9.47 Å². The fourth-order valence-electron chi connectivity index (χ4n) is 5.96. The first-order valence-corrected chi connectivity index (χ1v) is 19.1. The summed E-state index contributed by atoms with van der Waals surface area (Å²) in [4.78, 5) is 0. The summed E-state index contributed by atoms with van der Waals surface area (Å²) < 4.78 is 20.7. The van der Waals surface area contributed by atoms with Crippen molar-refractivity contribution in [2.45, 2.75) is 194 Å². The van der Waals surface area contributed by atoms with E-state index < -0.39 is 0 Å². The molecule has 0 radical (unpaired) electrons. The molecule has 8 heteroatoms. The number of nitrogens with zero attached hydrogens (tertiary/aromatic N) is 4. The molecule has 2 aromatic rings. The van der Waals surface area contributed by atoms with E-state index in [1.54, 1.807) is 0 Å². The lowest BCUT2D eigenvalue weighted by atomic mass is 10.1. The Morgan fingerprint density at radius 3 is 1.07 bits per heavy atom. The van der Waals surface area contributed by atoms with Gasteiger partial charge in [-0.1, -0.05) is 129 Å². The summed E-state index contributed by atoms with van der Waals surface area (Å²) in [5.41, 5.74) is 0. The van der Waals surface area contributed by atoms with Crippen LogP contribution >= 0.6 is 0 Å². The van der Waals surface area contributed by atoms with Crippen molar-refractivity contribution in [2.24, 2.45) is 0 Å². The molecule has 0 atom stereocenters. The zero-order valence-corrected chi connectivity index (χ0v) is 31.6. The Bertz CT molecular complexity index is 806. The highest BCUT2D eigenvalue weighted by Gasteiger charge is 2.05. The van der Waals surface area contributed by atoms with Crippen molar-refractivity contribution in [1.29, 1.82) is 0 Å². The van der Waals surface area contributed by atoms with E-state index in [9.17, 15) is 0 Å². The van der Waals surface area contributed by atoms with E-state index in [0.717, 1.165) is 39.1 Å². The third kappa shape index (κ3) is 25.9. The van der Waals surface area contributed by atoms with Crippen LogP contribution in [0.4, 0.5) is 0 Å². The summed E-state index contributed by atoms with van der Waals surface area (Å²) in [7, 11) is 0. The predicted octanol–water partition coefficient (Wildman–Crippen LogP) is 3.92. The normalized spacial score (nSPS) is 11.1. The van der Waals surface area contributed by atoms with Gasteiger partial charge in [-0.3, -0.25) is 0 Å². The first kappa shape index (κ1) is 44.9. The summed E-state index contributed by atoms with van der Waals surface area (Å²) in [5, 5.41) is 0. The van der Waals surface area contributed by atoms with Gasteiger partial charge in [0.1, 0.15) is 24.8 Å². The van der Waals surface area contributed by atoms with Crippen molar-refractivity contribution < 1.29 is 43.4 Å². The minimum atomic E-state index is 0. The number of aromatic nitrogens is 4. The van der Waals surface area contributed by atoms with E-state index >= 15 is 0 Å². The van der Waals surface area contributed by atoms with Crippen molar-refractivity contribution in [3.05, 3.63) is 37.4 Å². The van der Waals surface area contributed by atoms with Gasteiger partial charge in [-0.25, -0.2) is 18.3 Å². The van der Waals surface area contributed by atoms with Crippen LogP contribution in [-0.2, 0) is 36.0 Å². The largest absolute Gasteiger partial charge is 1.00 e. The molecule has 0 aliphatic rings. The highest BCUT2D eigenvalue weighted by Crippen LogP contribution is 2.12. The van der Waals surface area contributed by atoms with Gasteiger partial charge in [-0.15, -0.1) is 0 Å². The lowest BCUT2D eigenvalue weighted by molar-refractivity contribution is -0.732. The topological polar surface area (TPSA) is 36.1 Å². The van der Waals surface area contributed by atoms with Crippen LogP contribution in [0.2, 0.25) is 0 Å². The van der Waals surface area contributed by atoms with Crippen LogP contribution in [0.5, 0.6) is 0 Å². The molecule has 0 aliphatic heterocycles. The standard InChI is InChI=1S/C38H72N4O2.2ClH/c1-3-5-7-9-11-13-15-17-19-23-27-39-29-31-41(35-39)37-43-33-25-21-22-26-34-44-38-42-32-30-40(36-42)28-24-20-18-16-14-12-10-8-6-4-2;;/h29-32,35-36H,3-28,33-34,37-38H2,1-2H3;2*1H/q+2;;/p-2. The summed E-state index contributed by atoms with van der Waals surface area (Å²) in [6.45, 7) is 9.80. The van der Waals surface area contributed by atoms with E-state index in [-0.39, 0.29) is 24.8 Å². The summed E-state index contributed by atoms with van der Waals surface area (Å²) in [5.74, 6) is 0. The molecule has 0 N–H and O–H groups in total. The van der Waals surface area contributed by atoms with Crippen molar-refractivity contribution in [3.8, 4) is 0 Å². The van der Waals surface area contributed by atoms with E-state index in [1.807, 2.05) is 0 Å². The molecule has 0 saturated heterocycles. The number of rotatable bonds is 33. The Balaban J connectivity index is 0.0000101. The maximum absolute atomic E-state index is 5.91. The third-order valence-electron chi connectivity index (χ3n) is 8.84. The van der Waals surface area contributed by atoms with Crippen LogP contribution in [0.3, 0.4) is 0 Å². The molecule has 2 heterocycles. The van der Waals surface area contributed by atoms with Gasteiger partial charge in [0.15, 0.2) is 13.5 Å². The number of ether oxygens (including phenoxy) is 2. The molecular weight excluding hydrogens is 615 g/mol. The number of unbranched alkanes of at least 4 members (excludes halogenated alkanes) is 21. The van der Waals surface area contributed by atoms with E-state index in [2.05, 4.69) is 69.6 Å². The molecule has 6 nitrogen and oxygen atoms in total. The van der Waals surface area contributed by atoms with Crippen LogP contribution in [-0.4, -0.2) is 22.3 Å². The Labute approximate surface area is 296 Å². The summed E-state index contributed by atoms with van der Waals surface area (Å²) >= 11 is 0. The maximum atomic E-state index is 5.91. The van der Waals surface area contributed by atoms with Gasteiger partial charge in [0, 0.05) is 0 Å². The van der Waals surface area contributed by atoms with Crippen LogP contribution < -0.4 is 33.9 Å². The Hall–Kier alpha value is -1.08. The van der Waals surface area contributed by atoms with Crippen molar-refractivity contribution in [3.63, 3.8) is 0 Å². The van der Waals surface area contributed by atoms with Crippen LogP contribution in [0.15, 0.2) is 37.4 Å². The molecule has 270 valence electrons. The SMILES string of the molecule is CCCCCCCCCCCCn1cc[n+](COCCCCCCOC[n+]2ccn(CCCCCCCCCCCC)c2)c1.[Cl-].[Cl-]. The van der Waals surface area contributed by atoms with Gasteiger partial charge >= 0.3 is 0 Å². The number of halogens is 2. The number of aryl methyl sites for hydroxylation is 2. The first-order valence-electron chi connectivity index (χ1n) is 19.1. The lowest BCUT2D eigenvalue weighted by Gasteiger charge is -2.03. The van der Waals surface area contributed by atoms with Crippen LogP contribution in [0, 0.1) is 0 Å². The Kier molecular flexibility index (Phi) is 33.0. The Morgan fingerprint density at radius 1 is 0.413 bits per heavy atom. The summed E-state index contributed by atoms with van der Waals surface area (Å²) in [6.07, 6.45) is 45.5. The molecule has 0 unspecified atom stereocenters. The van der Waals surface area contributed by atoms with Gasteiger partial charge in [0.2, 0.25) is 12.7 Å². The minimum Gasteiger partial charge on any atom is -1.00 e. The maximum Gasteiger partial charge on any atom is 0.245 e.